The molecule has 42 heavy (non-hydrogen) atoms. The fourth-order valence-corrected chi connectivity index (χ4v) is 6.14. The van der Waals surface area contributed by atoms with Crippen molar-refractivity contribution in [2.24, 2.45) is 0 Å². The second kappa shape index (κ2) is 10.1. The average molecular weight is 538 g/mol. The van der Waals surface area contributed by atoms with Crippen LogP contribution in [0.2, 0.25) is 0 Å². The molecule has 0 aliphatic carbocycles. The predicted molar refractivity (Wildman–Crippen MR) is 178 cm³/mol. The van der Waals surface area contributed by atoms with Crippen LogP contribution in [-0.4, -0.2) is 4.98 Å². The summed E-state index contributed by atoms with van der Waals surface area (Å²) in [7, 11) is 0. The van der Waals surface area contributed by atoms with Crippen molar-refractivity contribution in [2.45, 2.75) is 0 Å². The van der Waals surface area contributed by atoms with Gasteiger partial charge in [0.25, 0.3) is 0 Å². The molecule has 198 valence electrons. The molecule has 0 fully saturated rings. The van der Waals surface area contributed by atoms with E-state index >= 15 is 0 Å². The highest BCUT2D eigenvalue weighted by Crippen LogP contribution is 2.58. The number of rotatable bonds is 4. The van der Waals surface area contributed by atoms with Crippen molar-refractivity contribution in [1.29, 1.82) is 0 Å². The summed E-state index contributed by atoms with van der Waals surface area (Å²) in [5.41, 5.74) is 9.00. The zero-order valence-electron chi connectivity index (χ0n) is 22.9. The fraction of sp³-hybridized carbons (Fsp3) is 0. The van der Waals surface area contributed by atoms with Crippen molar-refractivity contribution >= 4 is 67.8 Å². The lowest BCUT2D eigenvalue weighted by Gasteiger charge is -2.42. The molecule has 0 atom stereocenters. The van der Waals surface area contributed by atoms with Gasteiger partial charge in [-0.25, -0.2) is 0 Å². The van der Waals surface area contributed by atoms with Gasteiger partial charge in [0, 0.05) is 28.3 Å². The maximum Gasteiger partial charge on any atom is 0.0788 e. The summed E-state index contributed by atoms with van der Waals surface area (Å²) in [4.78, 5) is 9.29. The monoisotopic (exact) mass is 537 g/mol. The molecule has 8 rings (SSSR count). The number of hydrogen-bond donors (Lipinski definition) is 0. The molecule has 6 aromatic carbocycles. The van der Waals surface area contributed by atoms with Crippen molar-refractivity contribution in [1.82, 2.24) is 4.98 Å². The van der Waals surface area contributed by atoms with E-state index in [1.807, 2.05) is 24.4 Å². The lowest BCUT2D eigenvalue weighted by Crippen LogP contribution is -2.24. The van der Waals surface area contributed by atoms with Gasteiger partial charge in [0.2, 0.25) is 0 Å². The van der Waals surface area contributed by atoms with Crippen LogP contribution in [0.3, 0.4) is 0 Å². The van der Waals surface area contributed by atoms with E-state index in [0.29, 0.717) is 0 Å². The molecule has 3 nitrogen and oxygen atoms in total. The maximum absolute atomic E-state index is 4.42. The van der Waals surface area contributed by atoms with Crippen molar-refractivity contribution < 1.29 is 0 Å². The Hall–Kier alpha value is -5.67. The van der Waals surface area contributed by atoms with Gasteiger partial charge in [-0.05, 0) is 70.9 Å². The third-order valence-corrected chi connectivity index (χ3v) is 7.99. The Balaban J connectivity index is 1.39. The second-order valence-corrected chi connectivity index (χ2v) is 10.5. The third kappa shape index (κ3) is 3.94. The largest absolute Gasteiger partial charge is 0.306 e. The first-order chi connectivity index (χ1) is 20.9. The van der Waals surface area contributed by atoms with Crippen molar-refractivity contribution in [3.63, 3.8) is 0 Å². The first-order valence-electron chi connectivity index (χ1n) is 14.2. The minimum Gasteiger partial charge on any atom is -0.306 e. The Morgan fingerprint density at radius 3 is 1.48 bits per heavy atom. The van der Waals surface area contributed by atoms with E-state index in [1.165, 1.54) is 32.9 Å². The Labute approximate surface area is 245 Å². The van der Waals surface area contributed by atoms with Crippen LogP contribution in [0.4, 0.5) is 34.1 Å². The molecule has 0 N–H and O–H groups in total. The molecular formula is C39H27N3. The molecule has 0 unspecified atom stereocenters. The number of anilines is 6. The SMILES string of the molecule is C(=C\c1ccccn1)/c1ccc(N2c3ccccc3N(c3ccccc3)c3c2c2ccccc2c2ccccc32)cc1. The van der Waals surface area contributed by atoms with Crippen molar-refractivity contribution in [3.05, 3.63) is 163 Å². The Kier molecular flexibility index (Phi) is 5.79. The number of nitrogens with zero attached hydrogens (tertiary/aromatic N) is 3. The fourth-order valence-electron chi connectivity index (χ4n) is 6.14. The van der Waals surface area contributed by atoms with Crippen LogP contribution >= 0.6 is 0 Å². The van der Waals surface area contributed by atoms with Crippen LogP contribution in [0.25, 0.3) is 33.7 Å². The minimum absolute atomic E-state index is 0.944. The van der Waals surface area contributed by atoms with Gasteiger partial charge in [-0.1, -0.05) is 103 Å². The number of fused-ring (bicyclic) bond motifs is 7. The summed E-state index contributed by atoms with van der Waals surface area (Å²) in [5.74, 6) is 0. The highest BCUT2D eigenvalue weighted by atomic mass is 15.3. The van der Waals surface area contributed by atoms with Crippen LogP contribution in [0.1, 0.15) is 11.3 Å². The summed E-state index contributed by atoms with van der Waals surface area (Å²) < 4.78 is 0. The molecule has 0 bridgehead atoms. The molecule has 2 heterocycles. The topological polar surface area (TPSA) is 19.4 Å². The lowest BCUT2D eigenvalue weighted by molar-refractivity contribution is 1.19. The number of pyridine rings is 1. The van der Waals surface area contributed by atoms with Gasteiger partial charge >= 0.3 is 0 Å². The summed E-state index contributed by atoms with van der Waals surface area (Å²) >= 11 is 0. The summed E-state index contributed by atoms with van der Waals surface area (Å²) in [6, 6.07) is 51.8. The van der Waals surface area contributed by atoms with Crippen molar-refractivity contribution in [3.8, 4) is 0 Å². The van der Waals surface area contributed by atoms with Gasteiger partial charge in [-0.15, -0.1) is 0 Å². The Morgan fingerprint density at radius 1 is 0.405 bits per heavy atom. The first kappa shape index (κ1) is 24.2. The normalized spacial score (nSPS) is 12.6. The van der Waals surface area contributed by atoms with Gasteiger partial charge in [-0.3, -0.25) is 4.98 Å². The molecule has 0 amide bonds. The third-order valence-electron chi connectivity index (χ3n) is 7.99. The zero-order chi connectivity index (χ0) is 27.9. The summed E-state index contributed by atoms with van der Waals surface area (Å²) in [5, 5.41) is 4.95. The van der Waals surface area contributed by atoms with E-state index in [4.69, 9.17) is 0 Å². The highest BCUT2D eigenvalue weighted by molar-refractivity contribution is 6.25. The Morgan fingerprint density at radius 2 is 0.905 bits per heavy atom. The molecule has 1 aromatic heterocycles. The summed E-state index contributed by atoms with van der Waals surface area (Å²) in [6.45, 7) is 0. The molecule has 0 saturated carbocycles. The zero-order valence-corrected chi connectivity index (χ0v) is 22.9. The molecule has 0 spiro atoms. The molecule has 0 saturated heterocycles. The lowest BCUT2D eigenvalue weighted by atomic mass is 9.93. The molecular weight excluding hydrogens is 510 g/mol. The van der Waals surface area contributed by atoms with Gasteiger partial charge in [-0.2, -0.15) is 0 Å². The van der Waals surface area contributed by atoms with Crippen LogP contribution in [-0.2, 0) is 0 Å². The standard InChI is InChI=1S/C39H27N3/c1-2-13-30(14-3-1)41-36-19-8-9-20-37(36)42(31-25-22-28(23-26-31)21-24-29-12-10-11-27-40-29)39-35-18-7-5-16-33(35)32-15-4-6-17-34(32)38(39)41/h1-27H/b24-21+. The van der Waals surface area contributed by atoms with Crippen molar-refractivity contribution in [2.75, 3.05) is 9.80 Å². The van der Waals surface area contributed by atoms with Crippen LogP contribution in [0, 0.1) is 0 Å². The van der Waals surface area contributed by atoms with Gasteiger partial charge < -0.3 is 9.80 Å². The van der Waals surface area contributed by atoms with E-state index in [0.717, 1.165) is 34.0 Å². The van der Waals surface area contributed by atoms with Gasteiger partial charge in [0.15, 0.2) is 0 Å². The molecule has 7 aromatic rings. The second-order valence-electron chi connectivity index (χ2n) is 10.5. The van der Waals surface area contributed by atoms with E-state index in [-0.39, 0.29) is 0 Å². The highest BCUT2D eigenvalue weighted by Gasteiger charge is 2.33. The van der Waals surface area contributed by atoms with Crippen LogP contribution < -0.4 is 9.80 Å². The van der Waals surface area contributed by atoms with E-state index in [2.05, 4.69) is 154 Å². The van der Waals surface area contributed by atoms with Crippen LogP contribution in [0.15, 0.2) is 152 Å². The molecule has 1 aliphatic heterocycles. The quantitative estimate of drug-likeness (QED) is 0.208. The molecule has 0 radical (unpaired) electrons. The van der Waals surface area contributed by atoms with Crippen LogP contribution in [0.5, 0.6) is 0 Å². The molecule has 1 aliphatic rings. The van der Waals surface area contributed by atoms with Gasteiger partial charge in [0.1, 0.15) is 0 Å². The van der Waals surface area contributed by atoms with E-state index in [1.54, 1.807) is 0 Å². The maximum atomic E-state index is 4.42. The number of aromatic nitrogens is 1. The summed E-state index contributed by atoms with van der Waals surface area (Å²) in [6.07, 6.45) is 5.99. The average Bonchev–Trinajstić information content (AvgIpc) is 3.07. The number of benzene rings is 6. The van der Waals surface area contributed by atoms with Gasteiger partial charge in [0.05, 0.1) is 28.4 Å². The first-order valence-corrected chi connectivity index (χ1v) is 14.2. The predicted octanol–water partition coefficient (Wildman–Crippen LogP) is 10.8. The minimum atomic E-state index is 0.944. The van der Waals surface area contributed by atoms with E-state index in [9.17, 15) is 0 Å². The number of para-hydroxylation sites is 3. The van der Waals surface area contributed by atoms with E-state index < -0.39 is 0 Å². The smallest absolute Gasteiger partial charge is 0.0788 e. The number of hydrogen-bond acceptors (Lipinski definition) is 3. The molecule has 3 heteroatoms. The Bertz CT molecular complexity index is 2080.